The van der Waals surface area contributed by atoms with Crippen LogP contribution in [0.3, 0.4) is 0 Å². The summed E-state index contributed by atoms with van der Waals surface area (Å²) in [6, 6.07) is 6.48. The molecule has 0 saturated carbocycles. The molecule has 0 radical (unpaired) electrons. The Balaban J connectivity index is 1.97. The fraction of sp³-hybridized carbons (Fsp3) is 0.235. The van der Waals surface area contributed by atoms with Gasteiger partial charge in [-0.2, -0.15) is 5.10 Å². The van der Waals surface area contributed by atoms with Gasteiger partial charge in [0.2, 0.25) is 0 Å². The van der Waals surface area contributed by atoms with Crippen LogP contribution >= 0.6 is 15.9 Å². The van der Waals surface area contributed by atoms with Crippen LogP contribution in [-0.4, -0.2) is 15.4 Å². The van der Waals surface area contributed by atoms with E-state index in [4.69, 9.17) is 4.74 Å². The first-order chi connectivity index (χ1) is 11.2. The molecule has 0 bridgehead atoms. The first-order valence-electron chi connectivity index (χ1n) is 7.20. The summed E-state index contributed by atoms with van der Waals surface area (Å²) in [5, 5.41) is 4.90. The first kappa shape index (κ1) is 16.8. The van der Waals surface area contributed by atoms with Crippen LogP contribution in [0.15, 0.2) is 41.0 Å². The minimum Gasteiger partial charge on any atom is -0.453 e. The molecule has 0 aliphatic heterocycles. The van der Waals surface area contributed by atoms with E-state index in [1.807, 2.05) is 0 Å². The Morgan fingerprint density at radius 1 is 1.17 bits per heavy atom. The number of fused-ring (bicyclic) bond motifs is 1. The molecule has 24 heavy (non-hydrogen) atoms. The number of nitrogens with zero attached hydrogens (tertiary/aromatic N) is 2. The summed E-state index contributed by atoms with van der Waals surface area (Å²) in [6.45, 7) is 3.06. The molecule has 3 aromatic rings. The zero-order valence-corrected chi connectivity index (χ0v) is 14.6. The molecular formula is C17H14BrF3N2O. The molecule has 0 aliphatic carbocycles. The zero-order chi connectivity index (χ0) is 17.5. The van der Waals surface area contributed by atoms with Gasteiger partial charge in [-0.1, -0.05) is 0 Å². The van der Waals surface area contributed by atoms with Gasteiger partial charge >= 0.3 is 0 Å². The van der Waals surface area contributed by atoms with Crippen molar-refractivity contribution in [3.8, 4) is 11.5 Å². The molecule has 1 heterocycles. The number of rotatable bonds is 4. The molecule has 0 spiro atoms. The molecule has 3 rings (SSSR count). The lowest BCUT2D eigenvalue weighted by molar-refractivity contribution is 0.182. The largest absolute Gasteiger partial charge is 0.453 e. The van der Waals surface area contributed by atoms with Crippen LogP contribution in [0.4, 0.5) is 13.2 Å². The molecule has 3 nitrogen and oxygen atoms in total. The van der Waals surface area contributed by atoms with Crippen LogP contribution < -0.4 is 4.74 Å². The summed E-state index contributed by atoms with van der Waals surface area (Å²) in [4.78, 5) is 0. The minimum absolute atomic E-state index is 0.0891. The SMILES string of the molecule is CC(C)(F)Cn1ncc2cc(Oc3ccc(F)cc3F)c(Br)cc21. The molecule has 0 atom stereocenters. The zero-order valence-electron chi connectivity index (χ0n) is 13.0. The van der Waals surface area contributed by atoms with Gasteiger partial charge in [-0.25, -0.2) is 13.2 Å². The van der Waals surface area contributed by atoms with Crippen molar-refractivity contribution in [3.05, 3.63) is 52.6 Å². The van der Waals surface area contributed by atoms with Crippen LogP contribution in [-0.2, 0) is 6.54 Å². The van der Waals surface area contributed by atoms with Crippen molar-refractivity contribution < 1.29 is 17.9 Å². The number of alkyl halides is 1. The summed E-state index contributed by atoms with van der Waals surface area (Å²) in [7, 11) is 0. The number of hydrogen-bond donors (Lipinski definition) is 0. The Hall–Kier alpha value is -2.02. The van der Waals surface area contributed by atoms with Crippen LogP contribution in [0, 0.1) is 11.6 Å². The van der Waals surface area contributed by atoms with Crippen molar-refractivity contribution in [1.82, 2.24) is 9.78 Å². The molecule has 0 aliphatic rings. The molecule has 7 heteroatoms. The average Bonchev–Trinajstić information content (AvgIpc) is 2.82. The highest BCUT2D eigenvalue weighted by Gasteiger charge is 2.19. The van der Waals surface area contributed by atoms with Gasteiger partial charge in [0.1, 0.15) is 17.2 Å². The van der Waals surface area contributed by atoms with Gasteiger partial charge in [-0.3, -0.25) is 4.68 Å². The smallest absolute Gasteiger partial charge is 0.168 e. The van der Waals surface area contributed by atoms with E-state index in [0.29, 0.717) is 10.2 Å². The van der Waals surface area contributed by atoms with Gasteiger partial charge in [-0.15, -0.1) is 0 Å². The van der Waals surface area contributed by atoms with Crippen molar-refractivity contribution in [2.24, 2.45) is 0 Å². The molecule has 1 aromatic heterocycles. The summed E-state index contributed by atoms with van der Waals surface area (Å²) in [6.07, 6.45) is 1.58. The van der Waals surface area contributed by atoms with E-state index < -0.39 is 17.3 Å². The van der Waals surface area contributed by atoms with E-state index in [1.165, 1.54) is 19.9 Å². The number of ether oxygens (including phenoxy) is 1. The van der Waals surface area contributed by atoms with E-state index in [2.05, 4.69) is 21.0 Å². The Labute approximate surface area is 145 Å². The highest BCUT2D eigenvalue weighted by atomic mass is 79.9. The van der Waals surface area contributed by atoms with Crippen LogP contribution in [0.5, 0.6) is 11.5 Å². The topological polar surface area (TPSA) is 27.1 Å². The second-order valence-corrected chi connectivity index (χ2v) is 6.89. The Bertz CT molecular complexity index is 903. The summed E-state index contributed by atoms with van der Waals surface area (Å²) in [5.41, 5.74) is -0.683. The van der Waals surface area contributed by atoms with Crippen molar-refractivity contribution in [1.29, 1.82) is 0 Å². The molecule has 0 unspecified atom stereocenters. The number of hydrogen-bond acceptors (Lipinski definition) is 2. The molecular weight excluding hydrogens is 385 g/mol. The van der Waals surface area contributed by atoms with Crippen molar-refractivity contribution in [2.75, 3.05) is 0 Å². The summed E-state index contributed by atoms with van der Waals surface area (Å²) >= 11 is 3.36. The maximum atomic E-state index is 13.9. The maximum absolute atomic E-state index is 13.9. The highest BCUT2D eigenvalue weighted by molar-refractivity contribution is 9.10. The first-order valence-corrected chi connectivity index (χ1v) is 7.99. The van der Waals surface area contributed by atoms with Gasteiger partial charge in [-0.05, 0) is 54.0 Å². The van der Waals surface area contributed by atoms with Crippen LogP contribution in [0.1, 0.15) is 13.8 Å². The summed E-state index contributed by atoms with van der Waals surface area (Å²) < 4.78 is 48.2. The Morgan fingerprint density at radius 2 is 1.92 bits per heavy atom. The van der Waals surface area contributed by atoms with Gasteiger partial charge in [0.15, 0.2) is 11.6 Å². The Kier molecular flexibility index (Phi) is 4.29. The fourth-order valence-electron chi connectivity index (χ4n) is 2.32. The normalized spacial score (nSPS) is 11.9. The molecule has 126 valence electrons. The lowest BCUT2D eigenvalue weighted by atomic mass is 10.2. The second-order valence-electron chi connectivity index (χ2n) is 6.04. The van der Waals surface area contributed by atoms with Gasteiger partial charge in [0, 0.05) is 11.5 Å². The van der Waals surface area contributed by atoms with Crippen molar-refractivity contribution in [3.63, 3.8) is 0 Å². The third-order valence-electron chi connectivity index (χ3n) is 3.34. The van der Waals surface area contributed by atoms with Gasteiger partial charge < -0.3 is 4.74 Å². The molecule has 0 fully saturated rings. The third kappa shape index (κ3) is 3.56. The van der Waals surface area contributed by atoms with E-state index in [0.717, 1.165) is 23.0 Å². The van der Waals surface area contributed by atoms with Crippen molar-refractivity contribution >= 4 is 26.8 Å². The van der Waals surface area contributed by atoms with Gasteiger partial charge in [0.25, 0.3) is 0 Å². The van der Waals surface area contributed by atoms with Crippen LogP contribution in [0.25, 0.3) is 10.9 Å². The average molecular weight is 399 g/mol. The maximum Gasteiger partial charge on any atom is 0.168 e. The van der Waals surface area contributed by atoms with Gasteiger partial charge in [0.05, 0.1) is 22.7 Å². The predicted molar refractivity (Wildman–Crippen MR) is 89.1 cm³/mol. The number of benzene rings is 2. The van der Waals surface area contributed by atoms with E-state index in [-0.39, 0.29) is 12.3 Å². The standard InChI is InChI=1S/C17H14BrF3N2O/c1-17(2,21)9-23-14-7-12(18)16(5-10(14)8-22-23)24-15-4-3-11(19)6-13(15)20/h3-8H,9H2,1-2H3. The molecule has 0 amide bonds. The van der Waals surface area contributed by atoms with Crippen molar-refractivity contribution in [2.45, 2.75) is 26.1 Å². The molecule has 2 aromatic carbocycles. The fourth-order valence-corrected chi connectivity index (χ4v) is 2.73. The number of halogens is 4. The lowest BCUT2D eigenvalue weighted by Crippen LogP contribution is -2.21. The summed E-state index contributed by atoms with van der Waals surface area (Å²) in [5.74, 6) is -1.21. The third-order valence-corrected chi connectivity index (χ3v) is 3.95. The lowest BCUT2D eigenvalue weighted by Gasteiger charge is -2.15. The monoisotopic (exact) mass is 398 g/mol. The second kappa shape index (κ2) is 6.12. The molecule has 0 saturated heterocycles. The van der Waals surface area contributed by atoms with E-state index in [9.17, 15) is 13.2 Å². The Morgan fingerprint density at radius 3 is 2.58 bits per heavy atom. The quantitative estimate of drug-likeness (QED) is 0.570. The predicted octanol–water partition coefficient (Wildman–Crippen LogP) is 5.62. The highest BCUT2D eigenvalue weighted by Crippen LogP contribution is 2.35. The minimum atomic E-state index is -1.40. The van der Waals surface area contributed by atoms with E-state index >= 15 is 0 Å². The van der Waals surface area contributed by atoms with E-state index in [1.54, 1.807) is 23.0 Å². The number of aromatic nitrogens is 2. The molecule has 0 N–H and O–H groups in total. The van der Waals surface area contributed by atoms with Crippen LogP contribution in [0.2, 0.25) is 0 Å².